The van der Waals surface area contributed by atoms with Gasteiger partial charge in [-0.05, 0) is 25.9 Å². The molecule has 20 heavy (non-hydrogen) atoms. The molecule has 0 spiro atoms. The summed E-state index contributed by atoms with van der Waals surface area (Å²) in [4.78, 5) is 13.7. The molecule has 0 aliphatic carbocycles. The van der Waals surface area contributed by atoms with Crippen molar-refractivity contribution in [2.75, 3.05) is 38.1 Å². The minimum Gasteiger partial charge on any atom is -0.358 e. The van der Waals surface area contributed by atoms with Gasteiger partial charge in [-0.2, -0.15) is 0 Å². The minimum absolute atomic E-state index is 0.0879. The van der Waals surface area contributed by atoms with Crippen LogP contribution in [0.2, 0.25) is 5.15 Å². The zero-order valence-corrected chi connectivity index (χ0v) is 13.7. The van der Waals surface area contributed by atoms with Gasteiger partial charge in [0.2, 0.25) is 0 Å². The third-order valence-corrected chi connectivity index (χ3v) is 3.89. The van der Waals surface area contributed by atoms with Crippen LogP contribution in [0.25, 0.3) is 0 Å². The van der Waals surface area contributed by atoms with E-state index in [1.54, 1.807) is 0 Å². The lowest BCUT2D eigenvalue weighted by molar-refractivity contribution is 0.346. The molecule has 1 aliphatic heterocycles. The summed E-state index contributed by atoms with van der Waals surface area (Å²) >= 11 is 6.14. The maximum absolute atomic E-state index is 6.14. The summed E-state index contributed by atoms with van der Waals surface area (Å²) in [6.07, 6.45) is 2.66. The van der Waals surface area contributed by atoms with Crippen LogP contribution in [0, 0.1) is 0 Å². The van der Waals surface area contributed by atoms with Crippen molar-refractivity contribution < 1.29 is 0 Å². The van der Waals surface area contributed by atoms with Gasteiger partial charge in [0, 0.05) is 31.6 Å². The number of halogens is 1. The SMILES string of the molecule is CN(CCN1CCCC1)c1cc(Cl)nc(C(C)(C)C)n1. The second kappa shape index (κ2) is 6.27. The molecule has 4 nitrogen and oxygen atoms in total. The Hall–Kier alpha value is -0.870. The highest BCUT2D eigenvalue weighted by Crippen LogP contribution is 2.23. The summed E-state index contributed by atoms with van der Waals surface area (Å²) < 4.78 is 0. The zero-order valence-electron chi connectivity index (χ0n) is 13.0. The normalized spacial score (nSPS) is 16.6. The lowest BCUT2D eigenvalue weighted by Gasteiger charge is -2.24. The minimum atomic E-state index is -0.0879. The van der Waals surface area contributed by atoms with E-state index >= 15 is 0 Å². The van der Waals surface area contributed by atoms with Crippen molar-refractivity contribution in [2.45, 2.75) is 39.0 Å². The van der Waals surface area contributed by atoms with E-state index in [0.717, 1.165) is 24.7 Å². The highest BCUT2D eigenvalue weighted by molar-refractivity contribution is 6.29. The molecule has 1 aliphatic rings. The standard InChI is InChI=1S/C15H25ClN4/c1-15(2,3)14-17-12(16)11-13(18-14)19(4)9-10-20-7-5-6-8-20/h11H,5-10H2,1-4H3. The molecule has 1 aromatic heterocycles. The molecule has 0 N–H and O–H groups in total. The molecule has 1 saturated heterocycles. The third-order valence-electron chi connectivity index (χ3n) is 3.69. The first kappa shape index (κ1) is 15.5. The molecule has 0 aromatic carbocycles. The zero-order chi connectivity index (χ0) is 14.8. The molecule has 0 amide bonds. The molecule has 0 atom stereocenters. The monoisotopic (exact) mass is 296 g/mol. The molecule has 0 saturated carbocycles. The number of likely N-dealkylation sites (N-methyl/N-ethyl adjacent to an activating group) is 1. The topological polar surface area (TPSA) is 32.3 Å². The lowest BCUT2D eigenvalue weighted by Crippen LogP contribution is -2.32. The Morgan fingerprint density at radius 3 is 2.50 bits per heavy atom. The van der Waals surface area contributed by atoms with Crippen molar-refractivity contribution >= 4 is 17.4 Å². The van der Waals surface area contributed by atoms with Gasteiger partial charge in [0.15, 0.2) is 0 Å². The first-order valence-electron chi connectivity index (χ1n) is 7.35. The number of aromatic nitrogens is 2. The average Bonchev–Trinajstić information content (AvgIpc) is 2.87. The molecular weight excluding hydrogens is 272 g/mol. The van der Waals surface area contributed by atoms with Crippen molar-refractivity contribution in [1.29, 1.82) is 0 Å². The van der Waals surface area contributed by atoms with Crippen molar-refractivity contribution in [3.63, 3.8) is 0 Å². The van der Waals surface area contributed by atoms with Crippen molar-refractivity contribution in [3.8, 4) is 0 Å². The summed E-state index contributed by atoms with van der Waals surface area (Å²) in [5, 5.41) is 0.521. The van der Waals surface area contributed by atoms with E-state index in [9.17, 15) is 0 Å². The molecule has 112 valence electrons. The van der Waals surface area contributed by atoms with Gasteiger partial charge < -0.3 is 9.80 Å². The van der Waals surface area contributed by atoms with E-state index in [-0.39, 0.29) is 5.41 Å². The van der Waals surface area contributed by atoms with E-state index in [1.165, 1.54) is 25.9 Å². The van der Waals surface area contributed by atoms with Gasteiger partial charge in [0.05, 0.1) is 0 Å². The molecule has 1 aromatic rings. The number of anilines is 1. The highest BCUT2D eigenvalue weighted by Gasteiger charge is 2.20. The first-order chi connectivity index (χ1) is 9.36. The van der Waals surface area contributed by atoms with Gasteiger partial charge in [-0.25, -0.2) is 9.97 Å². The van der Waals surface area contributed by atoms with Crippen LogP contribution in [0.15, 0.2) is 6.07 Å². The fourth-order valence-corrected chi connectivity index (χ4v) is 2.53. The average molecular weight is 297 g/mol. The maximum atomic E-state index is 6.14. The van der Waals surface area contributed by atoms with Crippen LogP contribution in [-0.4, -0.2) is 48.1 Å². The molecule has 0 bridgehead atoms. The lowest BCUT2D eigenvalue weighted by atomic mass is 9.96. The number of hydrogen-bond donors (Lipinski definition) is 0. The quantitative estimate of drug-likeness (QED) is 0.800. The van der Waals surface area contributed by atoms with Crippen LogP contribution in [0.1, 0.15) is 39.4 Å². The fraction of sp³-hybridized carbons (Fsp3) is 0.733. The fourth-order valence-electron chi connectivity index (χ4n) is 2.35. The Balaban J connectivity index is 2.04. The molecule has 0 radical (unpaired) electrons. The summed E-state index contributed by atoms with van der Waals surface area (Å²) in [5.41, 5.74) is -0.0879. The summed E-state index contributed by atoms with van der Waals surface area (Å²) in [5.74, 6) is 1.71. The maximum Gasteiger partial charge on any atom is 0.137 e. The first-order valence-corrected chi connectivity index (χ1v) is 7.72. The van der Waals surface area contributed by atoms with E-state index in [2.05, 4.69) is 47.6 Å². The van der Waals surface area contributed by atoms with Crippen LogP contribution in [0.3, 0.4) is 0 Å². The Morgan fingerprint density at radius 2 is 1.90 bits per heavy atom. The third kappa shape index (κ3) is 4.06. The van der Waals surface area contributed by atoms with E-state index in [1.807, 2.05) is 6.07 Å². The Kier molecular flexibility index (Phi) is 4.86. The van der Waals surface area contributed by atoms with Crippen molar-refractivity contribution in [2.24, 2.45) is 0 Å². The predicted octanol–water partition coefficient (Wildman–Crippen LogP) is 2.96. The van der Waals surface area contributed by atoms with Crippen LogP contribution >= 0.6 is 11.6 Å². The van der Waals surface area contributed by atoms with Crippen molar-refractivity contribution in [1.82, 2.24) is 14.9 Å². The molecule has 1 fully saturated rings. The van der Waals surface area contributed by atoms with Crippen LogP contribution in [0.4, 0.5) is 5.82 Å². The summed E-state index contributed by atoms with van der Waals surface area (Å²) in [6, 6.07) is 1.85. The van der Waals surface area contributed by atoms with Gasteiger partial charge >= 0.3 is 0 Å². The molecule has 0 unspecified atom stereocenters. The predicted molar refractivity (Wildman–Crippen MR) is 84.7 cm³/mol. The molecule has 5 heteroatoms. The second-order valence-electron chi connectivity index (χ2n) is 6.59. The van der Waals surface area contributed by atoms with Gasteiger partial charge in [0.25, 0.3) is 0 Å². The van der Waals surface area contributed by atoms with E-state index < -0.39 is 0 Å². The van der Waals surface area contributed by atoms with Crippen LogP contribution in [0.5, 0.6) is 0 Å². The Labute approximate surface area is 127 Å². The van der Waals surface area contributed by atoms with Gasteiger partial charge in [-0.3, -0.25) is 0 Å². The number of nitrogens with zero attached hydrogens (tertiary/aromatic N) is 4. The second-order valence-corrected chi connectivity index (χ2v) is 6.98. The van der Waals surface area contributed by atoms with Crippen LogP contribution < -0.4 is 4.90 Å². The molecule has 2 heterocycles. The summed E-state index contributed by atoms with van der Waals surface area (Å²) in [6.45, 7) is 10.8. The van der Waals surface area contributed by atoms with Gasteiger partial charge in [-0.15, -0.1) is 0 Å². The summed E-state index contributed by atoms with van der Waals surface area (Å²) in [7, 11) is 2.07. The molecular formula is C15H25ClN4. The largest absolute Gasteiger partial charge is 0.358 e. The molecule has 2 rings (SSSR count). The van der Waals surface area contributed by atoms with Gasteiger partial charge in [-0.1, -0.05) is 32.4 Å². The smallest absolute Gasteiger partial charge is 0.137 e. The van der Waals surface area contributed by atoms with E-state index in [0.29, 0.717) is 5.15 Å². The Morgan fingerprint density at radius 1 is 1.25 bits per heavy atom. The van der Waals surface area contributed by atoms with Crippen molar-refractivity contribution in [3.05, 3.63) is 17.0 Å². The Bertz CT molecular complexity index is 450. The van der Waals surface area contributed by atoms with Gasteiger partial charge in [0.1, 0.15) is 16.8 Å². The number of likely N-dealkylation sites (tertiary alicyclic amines) is 1. The van der Waals surface area contributed by atoms with Crippen LogP contribution in [-0.2, 0) is 5.41 Å². The highest BCUT2D eigenvalue weighted by atomic mass is 35.5. The number of hydrogen-bond acceptors (Lipinski definition) is 4. The number of rotatable bonds is 4. The van der Waals surface area contributed by atoms with E-state index in [4.69, 9.17) is 11.6 Å².